The van der Waals surface area contributed by atoms with Gasteiger partial charge < -0.3 is 5.73 Å². The number of hydrogen-bond donors (Lipinski definition) is 2. The summed E-state index contributed by atoms with van der Waals surface area (Å²) in [6.45, 7) is 0. The molecule has 4 saturated carbocycles. The monoisotopic (exact) mass is 313 g/mol. The van der Waals surface area contributed by atoms with Gasteiger partial charge in [-0.1, -0.05) is 24.3 Å². The number of nitrogens with two attached hydrogens (primary N) is 1. The average molecular weight is 313 g/mol. The molecule has 4 fully saturated rings. The Labute approximate surface area is 137 Å². The van der Waals surface area contributed by atoms with Gasteiger partial charge in [0, 0.05) is 0 Å². The molecule has 0 radical (unpaired) electrons. The fourth-order valence-corrected chi connectivity index (χ4v) is 5.61. The van der Waals surface area contributed by atoms with E-state index in [1.807, 2.05) is 0 Å². The molecule has 0 amide bonds. The summed E-state index contributed by atoms with van der Waals surface area (Å²) in [6, 6.07) is 8.96. The smallest absolute Gasteiger partial charge is 0.184 e. The van der Waals surface area contributed by atoms with Crippen molar-refractivity contribution in [2.75, 3.05) is 0 Å². The standard InChI is InChI=1S/C18H23N3S/c19-17(22)21-20-11-12-1-3-16(4-2-12)18-8-13-5-14(9-18)7-15(6-13)10-18/h1-4,11,13-15H,5-10H2,(H3,19,21,22)/b20-11-. The van der Waals surface area contributed by atoms with Gasteiger partial charge >= 0.3 is 0 Å². The molecule has 22 heavy (non-hydrogen) atoms. The van der Waals surface area contributed by atoms with Crippen molar-refractivity contribution < 1.29 is 0 Å². The van der Waals surface area contributed by atoms with Gasteiger partial charge in [-0.05, 0) is 85.0 Å². The Morgan fingerprint density at radius 3 is 2.14 bits per heavy atom. The van der Waals surface area contributed by atoms with Crippen molar-refractivity contribution in [3.05, 3.63) is 35.4 Å². The molecule has 116 valence electrons. The minimum atomic E-state index is 0.196. The summed E-state index contributed by atoms with van der Waals surface area (Å²) in [6.07, 6.45) is 10.5. The van der Waals surface area contributed by atoms with E-state index in [1.54, 1.807) is 11.8 Å². The van der Waals surface area contributed by atoms with Gasteiger partial charge in [-0.25, -0.2) is 0 Å². The molecular formula is C18H23N3S. The Morgan fingerprint density at radius 2 is 1.64 bits per heavy atom. The Kier molecular flexibility index (Phi) is 3.44. The Morgan fingerprint density at radius 1 is 1.09 bits per heavy atom. The highest BCUT2D eigenvalue weighted by Crippen LogP contribution is 2.60. The number of nitrogens with one attached hydrogen (secondary N) is 1. The molecule has 4 bridgehead atoms. The van der Waals surface area contributed by atoms with Crippen molar-refractivity contribution in [2.24, 2.45) is 28.6 Å². The normalized spacial score (nSPS) is 35.9. The van der Waals surface area contributed by atoms with Crippen LogP contribution in [0.2, 0.25) is 0 Å². The van der Waals surface area contributed by atoms with Crippen LogP contribution in [0.5, 0.6) is 0 Å². The molecule has 0 heterocycles. The zero-order valence-corrected chi connectivity index (χ0v) is 13.6. The fraction of sp³-hybridized carbons (Fsp3) is 0.556. The highest BCUT2D eigenvalue weighted by molar-refractivity contribution is 7.80. The summed E-state index contributed by atoms with van der Waals surface area (Å²) >= 11 is 4.73. The van der Waals surface area contributed by atoms with E-state index < -0.39 is 0 Å². The lowest BCUT2D eigenvalue weighted by Gasteiger charge is -2.57. The predicted molar refractivity (Wildman–Crippen MR) is 93.8 cm³/mol. The average Bonchev–Trinajstić information content (AvgIpc) is 2.46. The maximum Gasteiger partial charge on any atom is 0.184 e. The first kappa shape index (κ1) is 14.2. The molecule has 4 aliphatic carbocycles. The van der Waals surface area contributed by atoms with Crippen molar-refractivity contribution in [1.82, 2.24) is 5.43 Å². The van der Waals surface area contributed by atoms with Gasteiger partial charge in [0.15, 0.2) is 5.11 Å². The van der Waals surface area contributed by atoms with Crippen LogP contribution < -0.4 is 11.2 Å². The zero-order valence-electron chi connectivity index (χ0n) is 12.8. The van der Waals surface area contributed by atoms with Crippen LogP contribution in [-0.2, 0) is 5.41 Å². The van der Waals surface area contributed by atoms with Gasteiger partial charge in [-0.2, -0.15) is 5.10 Å². The molecule has 0 aliphatic heterocycles. The molecule has 0 spiro atoms. The minimum Gasteiger partial charge on any atom is -0.375 e. The van der Waals surface area contributed by atoms with Gasteiger partial charge in [0.25, 0.3) is 0 Å². The molecule has 1 aromatic carbocycles. The van der Waals surface area contributed by atoms with E-state index in [0.29, 0.717) is 5.41 Å². The molecular weight excluding hydrogens is 290 g/mol. The summed E-state index contributed by atoms with van der Waals surface area (Å²) < 4.78 is 0. The zero-order chi connectivity index (χ0) is 15.2. The van der Waals surface area contributed by atoms with Gasteiger partial charge in [0.2, 0.25) is 0 Å². The summed E-state index contributed by atoms with van der Waals surface area (Å²) in [5, 5.41) is 4.22. The molecule has 0 aromatic heterocycles. The molecule has 0 unspecified atom stereocenters. The lowest BCUT2D eigenvalue weighted by molar-refractivity contribution is -0.00518. The van der Waals surface area contributed by atoms with Crippen LogP contribution in [0.3, 0.4) is 0 Å². The first-order valence-corrected chi connectivity index (χ1v) is 8.73. The van der Waals surface area contributed by atoms with Crippen molar-refractivity contribution in [3.63, 3.8) is 0 Å². The van der Waals surface area contributed by atoms with Crippen molar-refractivity contribution in [2.45, 2.75) is 43.9 Å². The number of benzene rings is 1. The molecule has 0 saturated heterocycles. The van der Waals surface area contributed by atoms with Crippen LogP contribution in [0, 0.1) is 17.8 Å². The largest absolute Gasteiger partial charge is 0.375 e. The van der Waals surface area contributed by atoms with Gasteiger partial charge in [0.1, 0.15) is 0 Å². The van der Waals surface area contributed by atoms with Gasteiger partial charge in [-0.3, -0.25) is 5.43 Å². The quantitative estimate of drug-likeness (QED) is 0.511. The van der Waals surface area contributed by atoms with Crippen LogP contribution in [0.1, 0.15) is 49.7 Å². The summed E-state index contributed by atoms with van der Waals surface area (Å²) in [5.74, 6) is 2.96. The molecule has 1 aromatic rings. The van der Waals surface area contributed by atoms with Crippen LogP contribution >= 0.6 is 12.2 Å². The number of hydrogen-bond acceptors (Lipinski definition) is 2. The third-order valence-corrected chi connectivity index (χ3v) is 6.04. The second-order valence-corrected chi connectivity index (χ2v) is 7.99. The molecule has 5 rings (SSSR count). The summed E-state index contributed by atoms with van der Waals surface area (Å²) in [4.78, 5) is 0. The highest BCUT2D eigenvalue weighted by Gasteiger charge is 2.51. The number of hydrazone groups is 1. The summed E-state index contributed by atoms with van der Waals surface area (Å²) in [5.41, 5.74) is 11.1. The van der Waals surface area contributed by atoms with E-state index in [1.165, 1.54) is 38.5 Å². The second kappa shape index (κ2) is 5.34. The van der Waals surface area contributed by atoms with Crippen molar-refractivity contribution >= 4 is 23.5 Å². The van der Waals surface area contributed by atoms with E-state index in [0.717, 1.165) is 23.3 Å². The third-order valence-electron chi connectivity index (χ3n) is 5.95. The van der Waals surface area contributed by atoms with Crippen molar-refractivity contribution in [1.29, 1.82) is 0 Å². The lowest BCUT2D eigenvalue weighted by atomic mass is 9.48. The van der Waals surface area contributed by atoms with E-state index in [-0.39, 0.29) is 5.11 Å². The fourth-order valence-electron chi connectivity index (χ4n) is 5.56. The number of nitrogens with zero attached hydrogens (tertiary/aromatic N) is 1. The highest BCUT2D eigenvalue weighted by atomic mass is 32.1. The maximum atomic E-state index is 5.36. The van der Waals surface area contributed by atoms with Gasteiger partial charge in [0.05, 0.1) is 6.21 Å². The first-order chi connectivity index (χ1) is 10.6. The Balaban J connectivity index is 1.53. The van der Waals surface area contributed by atoms with E-state index in [9.17, 15) is 0 Å². The van der Waals surface area contributed by atoms with Crippen molar-refractivity contribution in [3.8, 4) is 0 Å². The summed E-state index contributed by atoms with van der Waals surface area (Å²) in [7, 11) is 0. The number of thiocarbonyl (C=S) groups is 1. The Hall–Kier alpha value is -1.42. The topological polar surface area (TPSA) is 50.4 Å². The third kappa shape index (κ3) is 2.54. The Bertz CT molecular complexity index is 570. The molecule has 0 atom stereocenters. The maximum absolute atomic E-state index is 5.36. The molecule has 3 nitrogen and oxygen atoms in total. The van der Waals surface area contributed by atoms with E-state index in [4.69, 9.17) is 18.0 Å². The lowest BCUT2D eigenvalue weighted by Crippen LogP contribution is -2.48. The predicted octanol–water partition coefficient (Wildman–Crippen LogP) is 3.32. The first-order valence-electron chi connectivity index (χ1n) is 8.32. The minimum absolute atomic E-state index is 0.196. The SMILES string of the molecule is NC(=S)N/N=C\c1ccc(C23CC4CC(CC(C4)C2)C3)cc1. The van der Waals surface area contributed by atoms with Crippen LogP contribution in [0.25, 0.3) is 0 Å². The van der Waals surface area contributed by atoms with Crippen LogP contribution in [0.4, 0.5) is 0 Å². The van der Waals surface area contributed by atoms with Crippen LogP contribution in [0.15, 0.2) is 29.4 Å². The van der Waals surface area contributed by atoms with Gasteiger partial charge in [-0.15, -0.1) is 0 Å². The number of rotatable bonds is 3. The molecule has 4 aliphatic rings. The van der Waals surface area contributed by atoms with E-state index >= 15 is 0 Å². The van der Waals surface area contributed by atoms with Crippen LogP contribution in [-0.4, -0.2) is 11.3 Å². The second-order valence-electron chi connectivity index (χ2n) is 7.55. The molecule has 4 heteroatoms. The molecule has 3 N–H and O–H groups in total. The van der Waals surface area contributed by atoms with E-state index in [2.05, 4.69) is 34.8 Å².